The van der Waals surface area contributed by atoms with Crippen molar-refractivity contribution in [1.82, 2.24) is 10.6 Å². The first-order chi connectivity index (χ1) is 8.22. The topological polar surface area (TPSA) is 41.1 Å². The van der Waals surface area contributed by atoms with Crippen LogP contribution in [0.5, 0.6) is 0 Å². The molecular formula is C12H20BrClN2OS. The lowest BCUT2D eigenvalue weighted by atomic mass is 10.2. The van der Waals surface area contributed by atoms with E-state index in [9.17, 15) is 4.79 Å². The van der Waals surface area contributed by atoms with E-state index in [-0.39, 0.29) is 18.3 Å². The summed E-state index contributed by atoms with van der Waals surface area (Å²) in [5.41, 5.74) is 0. The van der Waals surface area contributed by atoms with Crippen molar-refractivity contribution in [2.45, 2.75) is 26.2 Å². The maximum absolute atomic E-state index is 11.5. The molecule has 1 heterocycles. The second-order valence-corrected chi connectivity index (χ2v) is 6.31. The van der Waals surface area contributed by atoms with Gasteiger partial charge in [-0.25, -0.2) is 0 Å². The molecule has 3 nitrogen and oxygen atoms in total. The van der Waals surface area contributed by atoms with Gasteiger partial charge in [0.05, 0.1) is 3.79 Å². The second kappa shape index (κ2) is 10.8. The van der Waals surface area contributed by atoms with Gasteiger partial charge >= 0.3 is 0 Å². The molecule has 0 bridgehead atoms. The molecule has 0 saturated carbocycles. The average molecular weight is 356 g/mol. The molecule has 1 aromatic heterocycles. The molecule has 104 valence electrons. The monoisotopic (exact) mass is 354 g/mol. The molecule has 0 aliphatic carbocycles. The lowest BCUT2D eigenvalue weighted by Gasteiger charge is -2.04. The van der Waals surface area contributed by atoms with Crippen LogP contribution in [0.4, 0.5) is 0 Å². The fourth-order valence-corrected chi connectivity index (χ4v) is 2.99. The molecule has 18 heavy (non-hydrogen) atoms. The lowest BCUT2D eigenvalue weighted by molar-refractivity contribution is -0.121. The Labute approximate surface area is 127 Å². The van der Waals surface area contributed by atoms with Crippen molar-refractivity contribution in [1.29, 1.82) is 0 Å². The molecule has 1 rings (SSSR count). The SMILES string of the molecule is CCNCCNC(=O)CCCc1ccc(Br)s1.Cl. The number of hydrogen-bond acceptors (Lipinski definition) is 3. The normalized spacial score (nSPS) is 9.89. The molecule has 0 aromatic carbocycles. The van der Waals surface area contributed by atoms with Gasteiger partial charge in [0.15, 0.2) is 0 Å². The Hall–Kier alpha value is -0.100. The highest BCUT2D eigenvalue weighted by Crippen LogP contribution is 2.23. The Morgan fingerprint density at radius 1 is 1.39 bits per heavy atom. The Kier molecular flexibility index (Phi) is 10.7. The van der Waals surface area contributed by atoms with Gasteiger partial charge < -0.3 is 10.6 Å². The van der Waals surface area contributed by atoms with Crippen LogP contribution in [-0.2, 0) is 11.2 Å². The van der Waals surface area contributed by atoms with Crippen LogP contribution in [0.1, 0.15) is 24.6 Å². The van der Waals surface area contributed by atoms with Gasteiger partial charge in [0.1, 0.15) is 0 Å². The van der Waals surface area contributed by atoms with Crippen molar-refractivity contribution in [3.63, 3.8) is 0 Å². The highest BCUT2D eigenvalue weighted by molar-refractivity contribution is 9.11. The van der Waals surface area contributed by atoms with E-state index < -0.39 is 0 Å². The zero-order valence-electron chi connectivity index (χ0n) is 10.5. The van der Waals surface area contributed by atoms with E-state index in [1.54, 1.807) is 11.3 Å². The summed E-state index contributed by atoms with van der Waals surface area (Å²) in [6.07, 6.45) is 2.51. The van der Waals surface area contributed by atoms with Crippen LogP contribution in [0.15, 0.2) is 15.9 Å². The van der Waals surface area contributed by atoms with Gasteiger partial charge in [-0.15, -0.1) is 23.7 Å². The molecule has 2 N–H and O–H groups in total. The largest absolute Gasteiger partial charge is 0.355 e. The quantitative estimate of drug-likeness (QED) is 0.704. The number of carbonyl (C=O) groups excluding carboxylic acids is 1. The smallest absolute Gasteiger partial charge is 0.220 e. The van der Waals surface area contributed by atoms with E-state index in [4.69, 9.17) is 0 Å². The first-order valence-electron chi connectivity index (χ1n) is 5.94. The highest BCUT2D eigenvalue weighted by atomic mass is 79.9. The van der Waals surface area contributed by atoms with Crippen molar-refractivity contribution in [2.75, 3.05) is 19.6 Å². The summed E-state index contributed by atoms with van der Waals surface area (Å²) in [5.74, 6) is 0.151. The Bertz CT molecular complexity index is 347. The molecule has 0 saturated heterocycles. The van der Waals surface area contributed by atoms with E-state index in [0.717, 1.165) is 36.3 Å². The van der Waals surface area contributed by atoms with Gasteiger partial charge in [0.2, 0.25) is 5.91 Å². The van der Waals surface area contributed by atoms with E-state index in [2.05, 4.69) is 45.6 Å². The minimum Gasteiger partial charge on any atom is -0.355 e. The van der Waals surface area contributed by atoms with Crippen molar-refractivity contribution < 1.29 is 4.79 Å². The minimum absolute atomic E-state index is 0. The van der Waals surface area contributed by atoms with Gasteiger partial charge in [-0.3, -0.25) is 4.79 Å². The summed E-state index contributed by atoms with van der Waals surface area (Å²) < 4.78 is 1.16. The van der Waals surface area contributed by atoms with Crippen molar-refractivity contribution in [3.05, 3.63) is 20.8 Å². The Balaban J connectivity index is 0.00000289. The second-order valence-electron chi connectivity index (χ2n) is 3.76. The van der Waals surface area contributed by atoms with Crippen LogP contribution in [0.25, 0.3) is 0 Å². The third-order valence-electron chi connectivity index (χ3n) is 2.33. The lowest BCUT2D eigenvalue weighted by Crippen LogP contribution is -2.31. The number of rotatable bonds is 8. The fraction of sp³-hybridized carbons (Fsp3) is 0.583. The van der Waals surface area contributed by atoms with E-state index in [0.29, 0.717) is 6.42 Å². The molecule has 0 spiro atoms. The third kappa shape index (κ3) is 8.08. The van der Waals surface area contributed by atoms with E-state index >= 15 is 0 Å². The molecule has 1 aromatic rings. The van der Waals surface area contributed by atoms with E-state index in [1.807, 2.05) is 0 Å². The van der Waals surface area contributed by atoms with E-state index in [1.165, 1.54) is 4.88 Å². The first-order valence-corrected chi connectivity index (χ1v) is 7.55. The number of thiophene rings is 1. The number of halogens is 2. The van der Waals surface area contributed by atoms with Crippen molar-refractivity contribution in [3.8, 4) is 0 Å². The van der Waals surface area contributed by atoms with Gasteiger partial charge in [-0.05, 0) is 47.4 Å². The average Bonchev–Trinajstić information content (AvgIpc) is 2.71. The summed E-state index contributed by atoms with van der Waals surface area (Å²) in [5, 5.41) is 6.07. The number of nitrogens with one attached hydrogen (secondary N) is 2. The van der Waals surface area contributed by atoms with Gasteiger partial charge in [-0.2, -0.15) is 0 Å². The number of amides is 1. The number of carbonyl (C=O) groups is 1. The summed E-state index contributed by atoms with van der Waals surface area (Å²) in [7, 11) is 0. The number of hydrogen-bond donors (Lipinski definition) is 2. The molecular weight excluding hydrogens is 336 g/mol. The molecule has 0 aliphatic rings. The predicted octanol–water partition coefficient (Wildman–Crippen LogP) is 2.98. The van der Waals surface area contributed by atoms with Gasteiger partial charge in [-0.1, -0.05) is 6.92 Å². The van der Waals surface area contributed by atoms with Crippen LogP contribution >= 0.6 is 39.7 Å². The molecule has 0 aliphatic heterocycles. The summed E-state index contributed by atoms with van der Waals surface area (Å²) in [4.78, 5) is 12.8. The first kappa shape index (κ1) is 17.9. The summed E-state index contributed by atoms with van der Waals surface area (Å²) in [6.45, 7) is 4.57. The molecule has 1 amide bonds. The Morgan fingerprint density at radius 3 is 2.78 bits per heavy atom. The third-order valence-corrected chi connectivity index (χ3v) is 4.01. The summed E-state index contributed by atoms with van der Waals surface area (Å²) >= 11 is 5.17. The van der Waals surface area contributed by atoms with Crippen molar-refractivity contribution >= 4 is 45.6 Å². The zero-order valence-corrected chi connectivity index (χ0v) is 13.7. The van der Waals surface area contributed by atoms with Crippen LogP contribution in [0.3, 0.4) is 0 Å². The number of likely N-dealkylation sites (N-methyl/N-ethyl adjacent to an activating group) is 1. The molecule has 6 heteroatoms. The van der Waals surface area contributed by atoms with Gasteiger partial charge in [0.25, 0.3) is 0 Å². The minimum atomic E-state index is 0. The zero-order chi connectivity index (χ0) is 12.5. The maximum atomic E-state index is 11.5. The molecule has 0 radical (unpaired) electrons. The highest BCUT2D eigenvalue weighted by Gasteiger charge is 2.02. The van der Waals surface area contributed by atoms with Crippen LogP contribution < -0.4 is 10.6 Å². The number of aryl methyl sites for hydroxylation is 1. The molecule has 0 atom stereocenters. The van der Waals surface area contributed by atoms with Gasteiger partial charge in [0, 0.05) is 24.4 Å². The van der Waals surface area contributed by atoms with Crippen LogP contribution in [0, 0.1) is 0 Å². The Morgan fingerprint density at radius 2 is 2.17 bits per heavy atom. The van der Waals surface area contributed by atoms with Crippen LogP contribution in [-0.4, -0.2) is 25.5 Å². The summed E-state index contributed by atoms with van der Waals surface area (Å²) in [6, 6.07) is 4.16. The predicted molar refractivity (Wildman–Crippen MR) is 83.8 cm³/mol. The molecule has 0 fully saturated rings. The fourth-order valence-electron chi connectivity index (χ4n) is 1.46. The molecule has 0 unspecified atom stereocenters. The van der Waals surface area contributed by atoms with Crippen molar-refractivity contribution in [2.24, 2.45) is 0 Å². The maximum Gasteiger partial charge on any atom is 0.220 e. The standard InChI is InChI=1S/C12H19BrN2OS.ClH/c1-2-14-8-9-15-12(16)5-3-4-10-6-7-11(13)17-10;/h6-7,14H,2-5,8-9H2,1H3,(H,15,16);1H. The van der Waals surface area contributed by atoms with Crippen LogP contribution in [0.2, 0.25) is 0 Å².